The summed E-state index contributed by atoms with van der Waals surface area (Å²) in [6, 6.07) is 17.9. The Bertz CT molecular complexity index is 864. The molecule has 2 aromatic carbocycles. The highest BCUT2D eigenvalue weighted by molar-refractivity contribution is 5.59. The predicted octanol–water partition coefficient (Wildman–Crippen LogP) is 4.46. The first-order chi connectivity index (χ1) is 12.1. The summed E-state index contributed by atoms with van der Waals surface area (Å²) in [5.41, 5.74) is 4.29. The fourth-order valence-electron chi connectivity index (χ4n) is 2.54. The van der Waals surface area contributed by atoms with E-state index in [9.17, 15) is 0 Å². The molecular weight excluding hydrogens is 312 g/mol. The molecule has 1 aromatic heterocycles. The van der Waals surface area contributed by atoms with Gasteiger partial charge in [-0.2, -0.15) is 4.98 Å². The van der Waals surface area contributed by atoms with Gasteiger partial charge in [-0.3, -0.25) is 0 Å². The largest absolute Gasteiger partial charge is 0.497 e. The van der Waals surface area contributed by atoms with E-state index in [0.29, 0.717) is 12.5 Å². The van der Waals surface area contributed by atoms with Gasteiger partial charge in [0.05, 0.1) is 7.11 Å². The summed E-state index contributed by atoms with van der Waals surface area (Å²) in [7, 11) is 1.65. The van der Waals surface area contributed by atoms with Crippen molar-refractivity contribution in [2.75, 3.05) is 17.7 Å². The second-order valence-electron chi connectivity index (χ2n) is 5.86. The number of aromatic nitrogens is 2. The van der Waals surface area contributed by atoms with Crippen LogP contribution in [-0.4, -0.2) is 17.1 Å². The van der Waals surface area contributed by atoms with Crippen LogP contribution in [0.5, 0.6) is 5.75 Å². The topological polar surface area (TPSA) is 59.1 Å². The molecule has 0 unspecified atom stereocenters. The molecule has 0 atom stereocenters. The zero-order valence-corrected chi connectivity index (χ0v) is 14.7. The molecule has 25 heavy (non-hydrogen) atoms. The second-order valence-corrected chi connectivity index (χ2v) is 5.86. The third-order valence-electron chi connectivity index (χ3n) is 3.89. The Balaban J connectivity index is 1.75. The lowest BCUT2D eigenvalue weighted by Crippen LogP contribution is -2.07. The molecule has 5 heteroatoms. The molecule has 5 nitrogen and oxygen atoms in total. The number of anilines is 3. The number of ether oxygens (including phenoxy) is 1. The highest BCUT2D eigenvalue weighted by atomic mass is 16.5. The SMILES string of the molecule is COc1cccc(Nc2cc(C)nc(NCc3ccccc3C)n2)c1. The molecule has 0 aliphatic carbocycles. The molecular formula is C20H22N4O. The molecule has 0 saturated heterocycles. The zero-order valence-electron chi connectivity index (χ0n) is 14.7. The van der Waals surface area contributed by atoms with Gasteiger partial charge in [-0.15, -0.1) is 0 Å². The van der Waals surface area contributed by atoms with E-state index in [2.05, 4.69) is 39.7 Å². The third-order valence-corrected chi connectivity index (χ3v) is 3.89. The minimum atomic E-state index is 0.605. The van der Waals surface area contributed by atoms with E-state index in [0.717, 1.165) is 22.9 Å². The average molecular weight is 334 g/mol. The van der Waals surface area contributed by atoms with Gasteiger partial charge in [-0.1, -0.05) is 30.3 Å². The van der Waals surface area contributed by atoms with Gasteiger partial charge in [0.15, 0.2) is 0 Å². The van der Waals surface area contributed by atoms with Crippen molar-refractivity contribution in [1.82, 2.24) is 9.97 Å². The molecule has 3 aromatic rings. The van der Waals surface area contributed by atoms with Crippen LogP contribution in [0.25, 0.3) is 0 Å². The van der Waals surface area contributed by atoms with Gasteiger partial charge >= 0.3 is 0 Å². The van der Waals surface area contributed by atoms with Gasteiger partial charge in [0, 0.05) is 30.1 Å². The molecule has 0 bridgehead atoms. The van der Waals surface area contributed by atoms with Crippen LogP contribution in [0.4, 0.5) is 17.5 Å². The van der Waals surface area contributed by atoms with Crippen molar-refractivity contribution < 1.29 is 4.74 Å². The van der Waals surface area contributed by atoms with E-state index >= 15 is 0 Å². The first-order valence-electron chi connectivity index (χ1n) is 8.19. The molecule has 0 amide bonds. The molecule has 3 rings (SSSR count). The Morgan fingerprint density at radius 3 is 2.60 bits per heavy atom. The Labute approximate surface area is 148 Å². The van der Waals surface area contributed by atoms with Crippen molar-refractivity contribution in [3.05, 3.63) is 71.4 Å². The molecule has 0 radical (unpaired) electrons. The van der Waals surface area contributed by atoms with Crippen LogP contribution in [0.2, 0.25) is 0 Å². The number of methoxy groups -OCH3 is 1. The summed E-state index contributed by atoms with van der Waals surface area (Å²) in [6.45, 7) is 4.75. The van der Waals surface area contributed by atoms with Crippen LogP contribution in [-0.2, 0) is 6.54 Å². The van der Waals surface area contributed by atoms with Crippen LogP contribution in [0, 0.1) is 13.8 Å². The van der Waals surface area contributed by atoms with Crippen molar-refractivity contribution in [2.24, 2.45) is 0 Å². The standard InChI is InChI=1S/C20H22N4O/c1-14-7-4-5-8-16(14)13-21-20-22-15(2)11-19(24-20)23-17-9-6-10-18(12-17)25-3/h4-12H,13H2,1-3H3,(H2,21,22,23,24). The van der Waals surface area contributed by atoms with Crippen molar-refractivity contribution >= 4 is 17.5 Å². The number of hydrogen-bond acceptors (Lipinski definition) is 5. The Kier molecular flexibility index (Phi) is 5.14. The van der Waals surface area contributed by atoms with Gasteiger partial charge in [-0.25, -0.2) is 4.98 Å². The van der Waals surface area contributed by atoms with Crippen molar-refractivity contribution in [2.45, 2.75) is 20.4 Å². The maximum absolute atomic E-state index is 5.25. The van der Waals surface area contributed by atoms with Crippen molar-refractivity contribution in [3.8, 4) is 5.75 Å². The van der Waals surface area contributed by atoms with E-state index in [1.807, 2.05) is 49.4 Å². The number of aryl methyl sites for hydroxylation is 2. The summed E-state index contributed by atoms with van der Waals surface area (Å²) < 4.78 is 5.25. The van der Waals surface area contributed by atoms with Gasteiger partial charge in [-0.05, 0) is 37.1 Å². The highest BCUT2D eigenvalue weighted by Gasteiger charge is 2.05. The Hall–Kier alpha value is -3.08. The van der Waals surface area contributed by atoms with E-state index in [1.54, 1.807) is 7.11 Å². The van der Waals surface area contributed by atoms with Crippen LogP contribution in [0.15, 0.2) is 54.6 Å². The fourth-order valence-corrected chi connectivity index (χ4v) is 2.54. The van der Waals surface area contributed by atoms with Gasteiger partial charge in [0.25, 0.3) is 0 Å². The van der Waals surface area contributed by atoms with Gasteiger partial charge < -0.3 is 15.4 Å². The van der Waals surface area contributed by atoms with Crippen LogP contribution >= 0.6 is 0 Å². The highest BCUT2D eigenvalue weighted by Crippen LogP contribution is 2.21. The molecule has 128 valence electrons. The van der Waals surface area contributed by atoms with E-state index in [-0.39, 0.29) is 0 Å². The monoisotopic (exact) mass is 334 g/mol. The van der Waals surface area contributed by atoms with Crippen molar-refractivity contribution in [1.29, 1.82) is 0 Å². The number of rotatable bonds is 6. The fraction of sp³-hybridized carbons (Fsp3) is 0.200. The summed E-state index contributed by atoms with van der Waals surface area (Å²) in [4.78, 5) is 9.02. The average Bonchev–Trinajstić information content (AvgIpc) is 2.61. The number of nitrogens with zero attached hydrogens (tertiary/aromatic N) is 2. The second kappa shape index (κ2) is 7.66. The van der Waals surface area contributed by atoms with Gasteiger partial charge in [0.2, 0.25) is 5.95 Å². The van der Waals surface area contributed by atoms with E-state index in [4.69, 9.17) is 4.74 Å². The van der Waals surface area contributed by atoms with Crippen LogP contribution in [0.1, 0.15) is 16.8 Å². The maximum Gasteiger partial charge on any atom is 0.225 e. The van der Waals surface area contributed by atoms with Crippen LogP contribution < -0.4 is 15.4 Å². The Morgan fingerprint density at radius 1 is 0.960 bits per heavy atom. The van der Waals surface area contributed by atoms with Gasteiger partial charge in [0.1, 0.15) is 11.6 Å². The lowest BCUT2D eigenvalue weighted by Gasteiger charge is -2.11. The molecule has 0 saturated carbocycles. The lowest BCUT2D eigenvalue weighted by molar-refractivity contribution is 0.415. The molecule has 1 heterocycles. The molecule has 0 aliphatic heterocycles. The maximum atomic E-state index is 5.25. The lowest BCUT2D eigenvalue weighted by atomic mass is 10.1. The Morgan fingerprint density at radius 2 is 1.80 bits per heavy atom. The minimum Gasteiger partial charge on any atom is -0.497 e. The quantitative estimate of drug-likeness (QED) is 0.697. The third kappa shape index (κ3) is 4.47. The summed E-state index contributed by atoms with van der Waals surface area (Å²) in [6.07, 6.45) is 0. The normalized spacial score (nSPS) is 10.4. The van der Waals surface area contributed by atoms with E-state index in [1.165, 1.54) is 11.1 Å². The zero-order chi connectivity index (χ0) is 17.6. The molecule has 0 aliphatic rings. The molecule has 0 spiro atoms. The first kappa shape index (κ1) is 16.8. The number of nitrogens with one attached hydrogen (secondary N) is 2. The number of benzene rings is 2. The predicted molar refractivity (Wildman–Crippen MR) is 102 cm³/mol. The first-order valence-corrected chi connectivity index (χ1v) is 8.19. The molecule has 0 fully saturated rings. The summed E-state index contributed by atoms with van der Waals surface area (Å²) >= 11 is 0. The van der Waals surface area contributed by atoms with Crippen molar-refractivity contribution in [3.63, 3.8) is 0 Å². The van der Waals surface area contributed by atoms with Crippen LogP contribution in [0.3, 0.4) is 0 Å². The smallest absolute Gasteiger partial charge is 0.225 e. The van der Waals surface area contributed by atoms with E-state index < -0.39 is 0 Å². The summed E-state index contributed by atoms with van der Waals surface area (Å²) in [5, 5.41) is 6.60. The number of hydrogen-bond donors (Lipinski definition) is 2. The minimum absolute atomic E-state index is 0.605. The molecule has 2 N–H and O–H groups in total. The summed E-state index contributed by atoms with van der Waals surface area (Å²) in [5.74, 6) is 2.15.